The third-order valence-electron chi connectivity index (χ3n) is 4.41. The normalized spacial score (nSPS) is 11.1. The molecule has 8 heteroatoms. The molecule has 0 fully saturated rings. The van der Waals surface area contributed by atoms with Gasteiger partial charge in [-0.2, -0.15) is 0 Å². The van der Waals surface area contributed by atoms with Gasteiger partial charge in [-0.15, -0.1) is 0 Å². The lowest BCUT2D eigenvalue weighted by Crippen LogP contribution is -2.14. The number of rotatable bonds is 6. The number of anilines is 4. The highest BCUT2D eigenvalue weighted by Crippen LogP contribution is 2.33. The first-order valence-corrected chi connectivity index (χ1v) is 10.7. The highest BCUT2D eigenvalue weighted by molar-refractivity contribution is 7.92. The van der Waals surface area contributed by atoms with Gasteiger partial charge in [-0.3, -0.25) is 14.6 Å². The van der Waals surface area contributed by atoms with Crippen LogP contribution in [0, 0.1) is 6.92 Å². The van der Waals surface area contributed by atoms with E-state index in [4.69, 9.17) is 0 Å². The van der Waals surface area contributed by atoms with Crippen molar-refractivity contribution in [2.24, 2.45) is 0 Å². The van der Waals surface area contributed by atoms with Crippen molar-refractivity contribution in [3.05, 3.63) is 97.2 Å². The summed E-state index contributed by atoms with van der Waals surface area (Å²) in [5.74, 6) is 0.672. The van der Waals surface area contributed by atoms with Gasteiger partial charge in [-0.25, -0.2) is 18.4 Å². The summed E-state index contributed by atoms with van der Waals surface area (Å²) in [5.41, 5.74) is 3.09. The van der Waals surface area contributed by atoms with Crippen LogP contribution in [0.1, 0.15) is 5.56 Å². The second-order valence-electron chi connectivity index (χ2n) is 6.58. The summed E-state index contributed by atoms with van der Waals surface area (Å²) < 4.78 is 27.9. The first kappa shape index (κ1) is 19.5. The Morgan fingerprint density at radius 2 is 1.60 bits per heavy atom. The van der Waals surface area contributed by atoms with Gasteiger partial charge in [0.15, 0.2) is 0 Å². The molecule has 0 saturated carbocycles. The molecule has 0 atom stereocenters. The number of sulfonamides is 1. The smallest absolute Gasteiger partial charge is 0.261 e. The van der Waals surface area contributed by atoms with E-state index in [0.29, 0.717) is 11.5 Å². The van der Waals surface area contributed by atoms with Gasteiger partial charge in [0.25, 0.3) is 10.0 Å². The lowest BCUT2D eigenvalue weighted by molar-refractivity contribution is 0.601. The number of hydrogen-bond donors (Lipinski definition) is 1. The largest absolute Gasteiger partial charge is 0.293 e. The molecule has 0 aliphatic rings. The Balaban J connectivity index is 1.63. The van der Waals surface area contributed by atoms with Crippen molar-refractivity contribution in [3.8, 4) is 0 Å². The Morgan fingerprint density at radius 3 is 2.23 bits per heavy atom. The van der Waals surface area contributed by atoms with Crippen LogP contribution >= 0.6 is 0 Å². The van der Waals surface area contributed by atoms with Crippen molar-refractivity contribution in [2.45, 2.75) is 11.8 Å². The minimum absolute atomic E-state index is 0.218. The zero-order valence-electron chi connectivity index (χ0n) is 16.2. The number of nitrogens with zero attached hydrogens (tertiary/aromatic N) is 4. The minimum atomic E-state index is -3.66. The average Bonchev–Trinajstić information content (AvgIpc) is 2.77. The molecule has 0 amide bonds. The van der Waals surface area contributed by atoms with Gasteiger partial charge < -0.3 is 0 Å². The molecule has 7 nitrogen and oxygen atoms in total. The molecule has 0 radical (unpaired) electrons. The van der Waals surface area contributed by atoms with Crippen LogP contribution in [0.4, 0.5) is 22.9 Å². The van der Waals surface area contributed by atoms with Crippen molar-refractivity contribution in [1.82, 2.24) is 15.0 Å². The first-order chi connectivity index (χ1) is 14.5. The summed E-state index contributed by atoms with van der Waals surface area (Å²) in [5, 5.41) is 0. The van der Waals surface area contributed by atoms with Gasteiger partial charge in [0.05, 0.1) is 16.8 Å². The molecule has 4 aromatic rings. The predicted octanol–water partition coefficient (Wildman–Crippen LogP) is 4.45. The Hall–Kier alpha value is -3.78. The van der Waals surface area contributed by atoms with E-state index in [9.17, 15) is 8.42 Å². The van der Waals surface area contributed by atoms with Crippen LogP contribution in [0.25, 0.3) is 0 Å². The molecule has 2 heterocycles. The first-order valence-electron chi connectivity index (χ1n) is 9.19. The molecule has 2 aromatic carbocycles. The second kappa shape index (κ2) is 8.30. The summed E-state index contributed by atoms with van der Waals surface area (Å²) in [6.07, 6.45) is 6.57. The fourth-order valence-electron chi connectivity index (χ4n) is 2.93. The zero-order chi connectivity index (χ0) is 21.0. The van der Waals surface area contributed by atoms with Gasteiger partial charge in [0, 0.05) is 23.8 Å². The van der Waals surface area contributed by atoms with Crippen molar-refractivity contribution in [1.29, 1.82) is 0 Å². The van der Waals surface area contributed by atoms with Crippen LogP contribution in [0.2, 0.25) is 0 Å². The molecule has 1 N–H and O–H groups in total. The SMILES string of the molecule is Cc1ccc(S(=O)(=O)Nc2ccc(N(c3cccnc3)c3ccncn3)cc2)cc1. The summed E-state index contributed by atoms with van der Waals surface area (Å²) >= 11 is 0. The topological polar surface area (TPSA) is 88.1 Å². The number of benzene rings is 2. The standard InChI is InChI=1S/C22H19N5O2S/c1-17-4-10-21(11-5-17)30(28,29)26-18-6-8-19(9-7-18)27(20-3-2-13-23-15-20)22-12-14-24-16-25-22/h2-16,26H,1H3. The highest BCUT2D eigenvalue weighted by Gasteiger charge is 2.16. The van der Waals surface area contributed by atoms with Gasteiger partial charge in [0.1, 0.15) is 12.1 Å². The van der Waals surface area contributed by atoms with E-state index in [1.165, 1.54) is 6.33 Å². The lowest BCUT2D eigenvalue weighted by atomic mass is 10.2. The average molecular weight is 417 g/mol. The van der Waals surface area contributed by atoms with E-state index < -0.39 is 10.0 Å². The number of aromatic nitrogens is 3. The van der Waals surface area contributed by atoms with Crippen LogP contribution in [0.15, 0.2) is 96.5 Å². The van der Waals surface area contributed by atoms with E-state index in [0.717, 1.165) is 16.9 Å². The molecule has 0 unspecified atom stereocenters. The van der Waals surface area contributed by atoms with Gasteiger partial charge >= 0.3 is 0 Å². The molecule has 30 heavy (non-hydrogen) atoms. The highest BCUT2D eigenvalue weighted by atomic mass is 32.2. The Bertz CT molecular complexity index is 1170. The van der Waals surface area contributed by atoms with Crippen LogP contribution in [-0.4, -0.2) is 23.4 Å². The predicted molar refractivity (Wildman–Crippen MR) is 116 cm³/mol. The van der Waals surface area contributed by atoms with Crippen molar-refractivity contribution >= 4 is 32.9 Å². The molecule has 0 spiro atoms. The van der Waals surface area contributed by atoms with Crippen LogP contribution < -0.4 is 9.62 Å². The zero-order valence-corrected chi connectivity index (χ0v) is 17.0. The summed E-state index contributed by atoms with van der Waals surface area (Å²) in [6, 6.07) is 19.3. The monoisotopic (exact) mass is 417 g/mol. The summed E-state index contributed by atoms with van der Waals surface area (Å²) in [6.45, 7) is 1.91. The maximum atomic E-state index is 12.6. The number of aryl methyl sites for hydroxylation is 1. The van der Waals surface area contributed by atoms with Crippen LogP contribution in [0.5, 0.6) is 0 Å². The van der Waals surface area contributed by atoms with E-state index in [-0.39, 0.29) is 4.90 Å². The fourth-order valence-corrected chi connectivity index (χ4v) is 3.98. The van der Waals surface area contributed by atoms with Gasteiger partial charge in [0.2, 0.25) is 0 Å². The van der Waals surface area contributed by atoms with E-state index >= 15 is 0 Å². The third-order valence-corrected chi connectivity index (χ3v) is 5.81. The Labute approximate surface area is 175 Å². The molecule has 4 rings (SSSR count). The molecule has 150 valence electrons. The third kappa shape index (κ3) is 4.28. The number of hydrogen-bond acceptors (Lipinski definition) is 6. The molecule has 0 bridgehead atoms. The molecule has 0 saturated heterocycles. The lowest BCUT2D eigenvalue weighted by Gasteiger charge is -2.23. The molecular weight excluding hydrogens is 398 g/mol. The summed E-state index contributed by atoms with van der Waals surface area (Å²) in [4.78, 5) is 14.6. The maximum absolute atomic E-state index is 12.6. The molecule has 0 aliphatic carbocycles. The molecule has 2 aromatic heterocycles. The Morgan fingerprint density at radius 1 is 0.833 bits per heavy atom. The van der Waals surface area contributed by atoms with Gasteiger partial charge in [-0.05, 0) is 61.5 Å². The van der Waals surface area contributed by atoms with Crippen molar-refractivity contribution < 1.29 is 8.42 Å². The number of pyridine rings is 1. The van der Waals surface area contributed by atoms with E-state index in [1.54, 1.807) is 61.1 Å². The van der Waals surface area contributed by atoms with E-state index in [1.807, 2.05) is 36.1 Å². The fraction of sp³-hybridized carbons (Fsp3) is 0.0455. The van der Waals surface area contributed by atoms with Gasteiger partial charge in [-0.1, -0.05) is 17.7 Å². The Kier molecular flexibility index (Phi) is 5.40. The maximum Gasteiger partial charge on any atom is 0.261 e. The van der Waals surface area contributed by atoms with Crippen molar-refractivity contribution in [2.75, 3.05) is 9.62 Å². The van der Waals surface area contributed by atoms with Crippen LogP contribution in [-0.2, 0) is 10.0 Å². The quantitative estimate of drug-likeness (QED) is 0.499. The minimum Gasteiger partial charge on any atom is -0.293 e. The molecule has 0 aliphatic heterocycles. The van der Waals surface area contributed by atoms with E-state index in [2.05, 4.69) is 19.7 Å². The second-order valence-corrected chi connectivity index (χ2v) is 8.26. The summed E-state index contributed by atoms with van der Waals surface area (Å²) in [7, 11) is -3.66. The molecular formula is C22H19N5O2S. The number of nitrogens with one attached hydrogen (secondary N) is 1. The van der Waals surface area contributed by atoms with Crippen molar-refractivity contribution in [3.63, 3.8) is 0 Å². The van der Waals surface area contributed by atoms with Crippen LogP contribution in [0.3, 0.4) is 0 Å².